The molecule has 0 spiro atoms. The first kappa shape index (κ1) is 21.3. The molecule has 0 aliphatic carbocycles. The van der Waals surface area contributed by atoms with Gasteiger partial charge in [0.05, 0.1) is 18.1 Å². The van der Waals surface area contributed by atoms with Gasteiger partial charge in [0.15, 0.2) is 10.9 Å². The number of piperazine rings is 1. The Hall–Kier alpha value is -2.93. The summed E-state index contributed by atoms with van der Waals surface area (Å²) in [6, 6.07) is 16.7. The van der Waals surface area contributed by atoms with Crippen LogP contribution in [0.4, 0.5) is 11.5 Å². The number of anilines is 2. The smallest absolute Gasteiger partial charge is 0.258 e. The third-order valence-corrected chi connectivity index (χ3v) is 6.00. The van der Waals surface area contributed by atoms with Gasteiger partial charge in [0.1, 0.15) is 0 Å². The number of methoxy groups -OCH3 is 1. The van der Waals surface area contributed by atoms with Crippen LogP contribution in [-0.2, 0) is 6.42 Å². The van der Waals surface area contributed by atoms with E-state index in [1.165, 1.54) is 24.1 Å². The van der Waals surface area contributed by atoms with E-state index in [-0.39, 0.29) is 0 Å². The van der Waals surface area contributed by atoms with E-state index in [1.54, 1.807) is 7.11 Å². The topological polar surface area (TPSA) is 53.5 Å². The van der Waals surface area contributed by atoms with Gasteiger partial charge in [-0.25, -0.2) is 9.97 Å². The third-order valence-electron chi connectivity index (χ3n) is 5.64. The lowest BCUT2D eigenvalue weighted by atomic mass is 10.1. The molecule has 1 aliphatic rings. The van der Waals surface area contributed by atoms with Crippen LogP contribution in [0.15, 0.2) is 48.5 Å². The van der Waals surface area contributed by atoms with Crippen LogP contribution >= 0.6 is 12.2 Å². The van der Waals surface area contributed by atoms with E-state index in [1.807, 2.05) is 24.3 Å². The molecule has 31 heavy (non-hydrogen) atoms. The van der Waals surface area contributed by atoms with Crippen LogP contribution in [0.5, 0.6) is 5.88 Å². The number of fused-ring (bicyclic) bond motifs is 1. The minimum atomic E-state index is 0.447. The van der Waals surface area contributed by atoms with Crippen molar-refractivity contribution in [3.05, 3.63) is 54.1 Å². The number of ether oxygens (including phenoxy) is 1. The van der Waals surface area contributed by atoms with E-state index in [0.717, 1.165) is 43.6 Å². The summed E-state index contributed by atoms with van der Waals surface area (Å²) in [5, 5.41) is 3.90. The standard InChI is InChI=1S/C24H29N5OS/c1-3-4-7-18-10-12-19(13-11-18)28-14-16-29(17-15-28)24(31)27-22-23(30-2)26-21-9-6-5-8-20(21)25-22/h5-6,8-13H,3-4,7,14-17H2,1-2H3,(H,25,27,31). The lowest BCUT2D eigenvalue weighted by Gasteiger charge is -2.37. The summed E-state index contributed by atoms with van der Waals surface area (Å²) in [5.41, 5.74) is 4.30. The van der Waals surface area contributed by atoms with Gasteiger partial charge < -0.3 is 19.9 Å². The van der Waals surface area contributed by atoms with E-state index in [0.29, 0.717) is 16.8 Å². The van der Waals surface area contributed by atoms with Crippen molar-refractivity contribution < 1.29 is 4.74 Å². The van der Waals surface area contributed by atoms with Crippen molar-refractivity contribution in [3.63, 3.8) is 0 Å². The van der Waals surface area contributed by atoms with Gasteiger partial charge in [-0.1, -0.05) is 37.6 Å². The number of thiocarbonyl (C=S) groups is 1. The van der Waals surface area contributed by atoms with Crippen molar-refractivity contribution in [2.45, 2.75) is 26.2 Å². The molecule has 7 heteroatoms. The average Bonchev–Trinajstić information content (AvgIpc) is 2.82. The molecule has 0 amide bonds. The third kappa shape index (κ3) is 5.05. The van der Waals surface area contributed by atoms with Crippen molar-refractivity contribution in [2.75, 3.05) is 43.5 Å². The fourth-order valence-corrected chi connectivity index (χ4v) is 4.09. The molecule has 3 aromatic rings. The van der Waals surface area contributed by atoms with Crippen molar-refractivity contribution in [1.82, 2.24) is 14.9 Å². The predicted molar refractivity (Wildman–Crippen MR) is 131 cm³/mol. The minimum absolute atomic E-state index is 0.447. The van der Waals surface area contributed by atoms with E-state index < -0.39 is 0 Å². The molecule has 2 aromatic carbocycles. The highest BCUT2D eigenvalue weighted by molar-refractivity contribution is 7.80. The SMILES string of the molecule is CCCCc1ccc(N2CCN(C(=S)Nc3nc4ccccc4nc3OC)CC2)cc1. The van der Waals surface area contributed by atoms with E-state index in [4.69, 9.17) is 17.0 Å². The summed E-state index contributed by atoms with van der Waals surface area (Å²) in [6.45, 7) is 5.79. The molecule has 0 unspecified atom stereocenters. The second-order valence-electron chi connectivity index (χ2n) is 7.74. The zero-order valence-corrected chi connectivity index (χ0v) is 19.0. The second kappa shape index (κ2) is 9.92. The Morgan fingerprint density at radius 2 is 1.68 bits per heavy atom. The van der Waals surface area contributed by atoms with Gasteiger partial charge in [-0.2, -0.15) is 0 Å². The number of aromatic nitrogens is 2. The highest BCUT2D eigenvalue weighted by atomic mass is 32.1. The number of hydrogen-bond acceptors (Lipinski definition) is 5. The van der Waals surface area contributed by atoms with Gasteiger partial charge in [0, 0.05) is 31.9 Å². The van der Waals surface area contributed by atoms with Crippen molar-refractivity contribution in [3.8, 4) is 5.88 Å². The number of hydrogen-bond donors (Lipinski definition) is 1. The Morgan fingerprint density at radius 3 is 2.32 bits per heavy atom. The van der Waals surface area contributed by atoms with Crippen LogP contribution in [0.25, 0.3) is 11.0 Å². The molecule has 1 saturated heterocycles. The second-order valence-corrected chi connectivity index (χ2v) is 8.13. The lowest BCUT2D eigenvalue weighted by molar-refractivity contribution is 0.388. The fraction of sp³-hybridized carbons (Fsp3) is 0.375. The molecule has 162 valence electrons. The van der Waals surface area contributed by atoms with Crippen molar-refractivity contribution >= 4 is 39.9 Å². The van der Waals surface area contributed by atoms with Crippen LogP contribution < -0.4 is 15.0 Å². The van der Waals surface area contributed by atoms with Gasteiger partial charge in [-0.3, -0.25) is 0 Å². The first-order valence-corrected chi connectivity index (χ1v) is 11.3. The van der Waals surface area contributed by atoms with Crippen LogP contribution in [0.3, 0.4) is 0 Å². The number of rotatable bonds is 6. The number of aryl methyl sites for hydroxylation is 1. The van der Waals surface area contributed by atoms with Gasteiger partial charge in [-0.15, -0.1) is 0 Å². The molecular weight excluding hydrogens is 406 g/mol. The predicted octanol–water partition coefficient (Wildman–Crippen LogP) is 4.50. The van der Waals surface area contributed by atoms with Gasteiger partial charge in [-0.05, 0) is 54.9 Å². The summed E-state index contributed by atoms with van der Waals surface area (Å²) in [4.78, 5) is 13.8. The van der Waals surface area contributed by atoms with Crippen LogP contribution in [0.2, 0.25) is 0 Å². The Bertz CT molecular complexity index is 1030. The Morgan fingerprint density at radius 1 is 1.00 bits per heavy atom. The zero-order chi connectivity index (χ0) is 21.6. The summed E-state index contributed by atoms with van der Waals surface area (Å²) < 4.78 is 5.43. The Kier molecular flexibility index (Phi) is 6.82. The van der Waals surface area contributed by atoms with Crippen LogP contribution in [0, 0.1) is 0 Å². The number of nitrogens with zero attached hydrogens (tertiary/aromatic N) is 4. The maximum Gasteiger partial charge on any atom is 0.258 e. The summed E-state index contributed by atoms with van der Waals surface area (Å²) in [5.74, 6) is 0.999. The number of benzene rings is 2. The summed E-state index contributed by atoms with van der Waals surface area (Å²) in [6.07, 6.45) is 3.63. The molecular formula is C24H29N5OS. The largest absolute Gasteiger partial charge is 0.478 e. The molecule has 1 fully saturated rings. The monoisotopic (exact) mass is 435 g/mol. The van der Waals surface area contributed by atoms with Gasteiger partial charge in [0.2, 0.25) is 0 Å². The molecule has 4 rings (SSSR count). The maximum absolute atomic E-state index is 5.67. The molecule has 6 nitrogen and oxygen atoms in total. The maximum atomic E-state index is 5.67. The summed E-state index contributed by atoms with van der Waals surface area (Å²) >= 11 is 5.67. The van der Waals surface area contributed by atoms with Crippen LogP contribution in [-0.4, -0.2) is 53.3 Å². The number of para-hydroxylation sites is 2. The molecule has 1 aliphatic heterocycles. The molecule has 0 atom stereocenters. The zero-order valence-electron chi connectivity index (χ0n) is 18.2. The fourth-order valence-electron chi connectivity index (χ4n) is 3.81. The first-order valence-electron chi connectivity index (χ1n) is 10.9. The molecule has 1 aromatic heterocycles. The molecule has 0 bridgehead atoms. The molecule has 1 N–H and O–H groups in total. The molecule has 0 radical (unpaired) electrons. The Labute approximate surface area is 189 Å². The highest BCUT2D eigenvalue weighted by Crippen LogP contribution is 2.24. The Balaban J connectivity index is 1.37. The molecule has 2 heterocycles. The van der Waals surface area contributed by atoms with Crippen molar-refractivity contribution in [2.24, 2.45) is 0 Å². The highest BCUT2D eigenvalue weighted by Gasteiger charge is 2.21. The molecule has 0 saturated carbocycles. The lowest BCUT2D eigenvalue weighted by Crippen LogP contribution is -2.50. The van der Waals surface area contributed by atoms with E-state index >= 15 is 0 Å². The van der Waals surface area contributed by atoms with Crippen LogP contribution in [0.1, 0.15) is 25.3 Å². The normalized spacial score (nSPS) is 14.0. The minimum Gasteiger partial charge on any atom is -0.478 e. The van der Waals surface area contributed by atoms with E-state index in [9.17, 15) is 0 Å². The van der Waals surface area contributed by atoms with Crippen molar-refractivity contribution in [1.29, 1.82) is 0 Å². The average molecular weight is 436 g/mol. The van der Waals surface area contributed by atoms with Gasteiger partial charge in [0.25, 0.3) is 5.88 Å². The number of nitrogens with one attached hydrogen (secondary N) is 1. The quantitative estimate of drug-likeness (QED) is 0.572. The van der Waals surface area contributed by atoms with Gasteiger partial charge >= 0.3 is 0 Å². The first-order chi connectivity index (χ1) is 15.2. The van der Waals surface area contributed by atoms with E-state index in [2.05, 4.69) is 56.3 Å². The summed E-state index contributed by atoms with van der Waals surface area (Å²) in [7, 11) is 1.60. The number of unbranched alkanes of at least 4 members (excludes halogenated alkanes) is 1.